The average Bonchev–Trinajstić information content (AvgIpc) is 2.56. The molecule has 0 saturated heterocycles. The van der Waals surface area contributed by atoms with Crippen molar-refractivity contribution in [2.75, 3.05) is 5.75 Å². The number of hydrogen-bond donors (Lipinski definition) is 2. The first kappa shape index (κ1) is 17.3. The fraction of sp³-hybridized carbons (Fsp3) is 0.294. The molecule has 1 aromatic rings. The van der Waals surface area contributed by atoms with Gasteiger partial charge in [-0.1, -0.05) is 36.4 Å². The Bertz CT molecular complexity index is 628. The smallest absolute Gasteiger partial charge is 0.326 e. The highest BCUT2D eigenvalue weighted by Gasteiger charge is 2.32. The minimum absolute atomic E-state index is 0.370. The van der Waals surface area contributed by atoms with Gasteiger partial charge >= 0.3 is 5.97 Å². The van der Waals surface area contributed by atoms with Crippen LogP contribution in [0.15, 0.2) is 53.6 Å². The van der Waals surface area contributed by atoms with E-state index >= 15 is 0 Å². The number of amides is 1. The summed E-state index contributed by atoms with van der Waals surface area (Å²) in [6.07, 6.45) is 3.95. The number of carbonyl (C=O) groups is 2. The Hall–Kier alpha value is -2.05. The first-order valence-corrected chi connectivity index (χ1v) is 8.38. The lowest BCUT2D eigenvalue weighted by Crippen LogP contribution is -2.51. The number of nitrogens with two attached hydrogens (primary N) is 1. The zero-order chi connectivity index (χ0) is 16.8. The molecule has 0 bridgehead atoms. The summed E-state index contributed by atoms with van der Waals surface area (Å²) in [6.45, 7) is 1.50. The molecule has 3 N–H and O–H groups in total. The highest BCUT2D eigenvalue weighted by molar-refractivity contribution is 8.02. The number of carboxylic acid groups (broad SMARTS) is 1. The monoisotopic (exact) mass is 332 g/mol. The van der Waals surface area contributed by atoms with Gasteiger partial charge in [-0.3, -0.25) is 9.69 Å². The summed E-state index contributed by atoms with van der Waals surface area (Å²) in [4.78, 5) is 25.5. The first-order chi connectivity index (χ1) is 11.0. The van der Waals surface area contributed by atoms with Crippen molar-refractivity contribution in [3.63, 3.8) is 0 Å². The summed E-state index contributed by atoms with van der Waals surface area (Å²) in [6, 6.07) is 7.72. The van der Waals surface area contributed by atoms with Crippen LogP contribution in [0.25, 0.3) is 0 Å². The Labute approximate surface area is 139 Å². The number of thioether (sulfide) groups is 1. The topological polar surface area (TPSA) is 83.6 Å². The molecule has 0 saturated carbocycles. The highest BCUT2D eigenvalue weighted by Crippen LogP contribution is 2.22. The van der Waals surface area contributed by atoms with Crippen LogP contribution in [0, 0.1) is 0 Å². The molecule has 23 heavy (non-hydrogen) atoms. The number of nitrogens with zero attached hydrogens (tertiary/aromatic N) is 1. The molecule has 1 aromatic carbocycles. The minimum atomic E-state index is -1.05. The largest absolute Gasteiger partial charge is 0.480 e. The number of rotatable bonds is 6. The van der Waals surface area contributed by atoms with E-state index in [4.69, 9.17) is 5.73 Å². The summed E-state index contributed by atoms with van der Waals surface area (Å²) in [5.41, 5.74) is 7.67. The van der Waals surface area contributed by atoms with Crippen LogP contribution in [-0.4, -0.2) is 39.7 Å². The quantitative estimate of drug-likeness (QED) is 0.832. The molecular formula is C17H20N2O3S. The van der Waals surface area contributed by atoms with Crippen LogP contribution in [-0.2, 0) is 16.0 Å². The minimum Gasteiger partial charge on any atom is -0.480 e. The van der Waals surface area contributed by atoms with Crippen molar-refractivity contribution in [1.29, 1.82) is 0 Å². The molecule has 6 heteroatoms. The van der Waals surface area contributed by atoms with Crippen LogP contribution in [0.2, 0.25) is 0 Å². The van der Waals surface area contributed by atoms with Gasteiger partial charge in [0.2, 0.25) is 5.91 Å². The van der Waals surface area contributed by atoms with Crippen LogP contribution < -0.4 is 5.73 Å². The second-order valence-electron chi connectivity index (χ2n) is 5.32. The molecule has 0 spiro atoms. The Morgan fingerprint density at radius 2 is 2.04 bits per heavy atom. The third-order valence-electron chi connectivity index (χ3n) is 3.60. The van der Waals surface area contributed by atoms with E-state index in [2.05, 4.69) is 0 Å². The molecule has 0 fully saturated rings. The van der Waals surface area contributed by atoms with Crippen molar-refractivity contribution in [2.24, 2.45) is 5.73 Å². The summed E-state index contributed by atoms with van der Waals surface area (Å²) in [5.74, 6) is -0.866. The van der Waals surface area contributed by atoms with Crippen LogP contribution in [0.5, 0.6) is 0 Å². The maximum absolute atomic E-state index is 12.8. The van der Waals surface area contributed by atoms with Crippen LogP contribution >= 0.6 is 11.8 Å². The average molecular weight is 332 g/mol. The van der Waals surface area contributed by atoms with Gasteiger partial charge < -0.3 is 10.8 Å². The van der Waals surface area contributed by atoms with E-state index in [9.17, 15) is 14.7 Å². The molecule has 122 valence electrons. The molecule has 1 heterocycles. The predicted molar refractivity (Wildman–Crippen MR) is 91.7 cm³/mol. The SMILES string of the molecule is CC(C(=O)O)N(C(=O)C(N)Cc1ccccc1)C1=CC=CSC1. The normalized spacial score (nSPS) is 16.3. The number of hydrogen-bond acceptors (Lipinski definition) is 4. The van der Waals surface area contributed by atoms with E-state index in [1.165, 1.54) is 23.6 Å². The van der Waals surface area contributed by atoms with E-state index < -0.39 is 18.1 Å². The lowest BCUT2D eigenvalue weighted by atomic mass is 10.0. The fourth-order valence-electron chi connectivity index (χ4n) is 2.36. The van der Waals surface area contributed by atoms with Crippen molar-refractivity contribution in [3.8, 4) is 0 Å². The van der Waals surface area contributed by atoms with Gasteiger partial charge in [0.15, 0.2) is 0 Å². The third kappa shape index (κ3) is 4.46. The number of aliphatic carboxylic acids is 1. The molecular weight excluding hydrogens is 312 g/mol. The van der Waals surface area contributed by atoms with Crippen molar-refractivity contribution >= 4 is 23.6 Å². The summed E-state index contributed by atoms with van der Waals surface area (Å²) in [7, 11) is 0. The van der Waals surface area contributed by atoms with Crippen LogP contribution in [0.3, 0.4) is 0 Å². The van der Waals surface area contributed by atoms with E-state index in [1.54, 1.807) is 12.2 Å². The van der Waals surface area contributed by atoms with Crippen molar-refractivity contribution in [3.05, 3.63) is 59.2 Å². The van der Waals surface area contributed by atoms with E-state index in [0.29, 0.717) is 17.9 Å². The maximum atomic E-state index is 12.8. The van der Waals surface area contributed by atoms with Gasteiger partial charge in [-0.2, -0.15) is 0 Å². The predicted octanol–water partition coefficient (Wildman–Crippen LogP) is 2.00. The molecule has 1 aliphatic heterocycles. The van der Waals surface area contributed by atoms with Gasteiger partial charge in [0.1, 0.15) is 6.04 Å². The molecule has 0 aromatic heterocycles. The Morgan fingerprint density at radius 1 is 1.35 bits per heavy atom. The van der Waals surface area contributed by atoms with E-state index in [1.807, 2.05) is 35.7 Å². The molecule has 1 aliphatic rings. The first-order valence-electron chi connectivity index (χ1n) is 7.33. The zero-order valence-electron chi connectivity index (χ0n) is 12.9. The van der Waals surface area contributed by atoms with Gasteiger partial charge in [-0.05, 0) is 30.4 Å². The summed E-state index contributed by atoms with van der Waals surface area (Å²) < 4.78 is 0. The van der Waals surface area contributed by atoms with Gasteiger partial charge in [0, 0.05) is 11.4 Å². The van der Waals surface area contributed by atoms with E-state index in [0.717, 1.165) is 5.56 Å². The summed E-state index contributed by atoms with van der Waals surface area (Å²) >= 11 is 1.52. The van der Waals surface area contributed by atoms with Gasteiger partial charge in [0.25, 0.3) is 0 Å². The standard InChI is InChI=1S/C17H20N2O3S/c1-12(17(21)22)19(14-8-5-9-23-11-14)16(20)15(18)10-13-6-3-2-4-7-13/h2-9,12,15H,10-11,18H2,1H3,(H,21,22). The lowest BCUT2D eigenvalue weighted by molar-refractivity contribution is -0.148. The van der Waals surface area contributed by atoms with Crippen molar-refractivity contribution in [2.45, 2.75) is 25.4 Å². The number of carboxylic acids is 1. The lowest BCUT2D eigenvalue weighted by Gasteiger charge is -2.31. The van der Waals surface area contributed by atoms with E-state index in [-0.39, 0.29) is 5.91 Å². The van der Waals surface area contributed by atoms with Crippen molar-refractivity contribution < 1.29 is 14.7 Å². The second kappa shape index (κ2) is 7.99. The zero-order valence-corrected chi connectivity index (χ0v) is 13.7. The maximum Gasteiger partial charge on any atom is 0.326 e. The van der Waals surface area contributed by atoms with Gasteiger partial charge in [0.05, 0.1) is 6.04 Å². The van der Waals surface area contributed by atoms with Gasteiger partial charge in [-0.25, -0.2) is 4.79 Å². The molecule has 2 atom stereocenters. The number of carbonyl (C=O) groups excluding carboxylic acids is 1. The number of allylic oxidation sites excluding steroid dienone is 2. The molecule has 0 aliphatic carbocycles. The Kier molecular flexibility index (Phi) is 6.01. The van der Waals surface area contributed by atoms with Crippen LogP contribution in [0.1, 0.15) is 12.5 Å². The van der Waals surface area contributed by atoms with Crippen LogP contribution in [0.4, 0.5) is 0 Å². The molecule has 1 amide bonds. The molecule has 2 unspecified atom stereocenters. The van der Waals surface area contributed by atoms with Crippen molar-refractivity contribution in [1.82, 2.24) is 4.90 Å². The number of benzene rings is 1. The summed E-state index contributed by atoms with van der Waals surface area (Å²) in [5, 5.41) is 11.2. The fourth-order valence-corrected chi connectivity index (χ4v) is 3.05. The second-order valence-corrected chi connectivity index (χ2v) is 6.21. The molecule has 2 rings (SSSR count). The molecule has 0 radical (unpaired) electrons. The highest BCUT2D eigenvalue weighted by atomic mass is 32.2. The van der Waals surface area contributed by atoms with Gasteiger partial charge in [-0.15, -0.1) is 11.8 Å². The molecule has 5 nitrogen and oxygen atoms in total. The Balaban J connectivity index is 2.20. The Morgan fingerprint density at radius 3 is 2.61 bits per heavy atom. The third-order valence-corrected chi connectivity index (χ3v) is 4.41.